The van der Waals surface area contributed by atoms with Gasteiger partial charge in [-0.1, -0.05) is 18.2 Å². The van der Waals surface area contributed by atoms with Crippen LogP contribution in [0.3, 0.4) is 0 Å². The number of nitrogens with zero attached hydrogens (tertiary/aromatic N) is 3. The van der Waals surface area contributed by atoms with Crippen LogP contribution in [0.2, 0.25) is 0 Å². The van der Waals surface area contributed by atoms with E-state index in [0.29, 0.717) is 22.9 Å². The summed E-state index contributed by atoms with van der Waals surface area (Å²) in [5.74, 6) is 1.76. The zero-order valence-corrected chi connectivity index (χ0v) is 21.9. The van der Waals surface area contributed by atoms with E-state index in [-0.39, 0.29) is 5.91 Å². The quantitative estimate of drug-likeness (QED) is 0.288. The normalized spacial score (nSPS) is 14.8. The lowest BCUT2D eigenvalue weighted by Gasteiger charge is -2.42. The van der Waals surface area contributed by atoms with Crippen LogP contribution in [0.4, 0.5) is 11.4 Å². The molecule has 8 heteroatoms. The number of H-pyrrole nitrogens is 1. The summed E-state index contributed by atoms with van der Waals surface area (Å²) in [5.41, 5.74) is 6.31. The molecular formula is C30H30N6O2. The van der Waals surface area contributed by atoms with E-state index in [4.69, 9.17) is 9.84 Å². The number of carbonyl (C=O) groups excluding carboxylic acids is 1. The van der Waals surface area contributed by atoms with Crippen LogP contribution in [0.5, 0.6) is 11.5 Å². The van der Waals surface area contributed by atoms with Crippen LogP contribution in [0.15, 0.2) is 66.0 Å². The molecule has 1 amide bonds. The van der Waals surface area contributed by atoms with Gasteiger partial charge in [0.15, 0.2) is 0 Å². The average Bonchev–Trinajstić information content (AvgIpc) is 3.51. The summed E-state index contributed by atoms with van der Waals surface area (Å²) in [5, 5.41) is 13.3. The van der Waals surface area contributed by atoms with E-state index in [1.165, 1.54) is 0 Å². The molecule has 0 aliphatic carbocycles. The molecule has 38 heavy (non-hydrogen) atoms. The van der Waals surface area contributed by atoms with Crippen LogP contribution in [0.1, 0.15) is 57.8 Å². The first-order valence-electron chi connectivity index (χ1n) is 12.9. The Balaban J connectivity index is 1.70. The Morgan fingerprint density at radius 1 is 0.974 bits per heavy atom. The molecule has 0 bridgehead atoms. The van der Waals surface area contributed by atoms with E-state index in [2.05, 4.69) is 60.4 Å². The van der Waals surface area contributed by atoms with E-state index in [0.717, 1.165) is 52.3 Å². The molecule has 0 atom stereocenters. The van der Waals surface area contributed by atoms with Gasteiger partial charge in [0.2, 0.25) is 0 Å². The summed E-state index contributed by atoms with van der Waals surface area (Å²) < 4.78 is 6.61. The number of amides is 1. The smallest absolute Gasteiger partial charge is 0.275 e. The fourth-order valence-electron chi connectivity index (χ4n) is 5.62. The number of benzene rings is 3. The van der Waals surface area contributed by atoms with Crippen molar-refractivity contribution in [1.29, 1.82) is 0 Å². The van der Waals surface area contributed by atoms with Crippen LogP contribution in [0.25, 0.3) is 0 Å². The Hall–Kier alpha value is -4.59. The van der Waals surface area contributed by atoms with Gasteiger partial charge in [0.1, 0.15) is 22.9 Å². The van der Waals surface area contributed by atoms with Crippen molar-refractivity contribution >= 4 is 23.5 Å². The molecular weight excluding hydrogens is 476 g/mol. The summed E-state index contributed by atoms with van der Waals surface area (Å²) >= 11 is 0. The Morgan fingerprint density at radius 2 is 1.61 bits per heavy atom. The number of hydrogen-bond donors (Lipinski definition) is 3. The number of imidazole rings is 1. The first-order chi connectivity index (χ1) is 18.5. The fraction of sp³-hybridized carbons (Fsp3) is 0.233. The van der Waals surface area contributed by atoms with Gasteiger partial charge in [0, 0.05) is 71.2 Å². The molecule has 6 rings (SSSR count). The number of anilines is 2. The molecule has 3 N–H and O–H groups in total. The van der Waals surface area contributed by atoms with Crippen molar-refractivity contribution in [2.45, 2.75) is 33.2 Å². The second-order valence-electron chi connectivity index (χ2n) is 9.58. The van der Waals surface area contributed by atoms with Gasteiger partial charge >= 0.3 is 0 Å². The van der Waals surface area contributed by atoms with Crippen LogP contribution < -0.4 is 15.4 Å². The lowest BCUT2D eigenvalue weighted by Crippen LogP contribution is -2.44. The Bertz CT molecular complexity index is 1510. The summed E-state index contributed by atoms with van der Waals surface area (Å²) in [6.07, 6.45) is 4.99. The first-order valence-corrected chi connectivity index (χ1v) is 12.9. The van der Waals surface area contributed by atoms with Gasteiger partial charge in [-0.25, -0.2) is 9.99 Å². The van der Waals surface area contributed by atoms with Gasteiger partial charge in [-0.3, -0.25) is 4.79 Å². The van der Waals surface area contributed by atoms with Gasteiger partial charge < -0.3 is 20.4 Å². The highest BCUT2D eigenvalue weighted by Gasteiger charge is 2.57. The molecule has 1 spiro atoms. The monoisotopic (exact) mass is 506 g/mol. The third-order valence-electron chi connectivity index (χ3n) is 7.26. The zero-order valence-electron chi connectivity index (χ0n) is 21.9. The molecule has 0 radical (unpaired) electrons. The van der Waals surface area contributed by atoms with Gasteiger partial charge in [-0.05, 0) is 57.0 Å². The Morgan fingerprint density at radius 3 is 2.18 bits per heavy atom. The highest BCUT2D eigenvalue weighted by atomic mass is 16.5. The minimum atomic E-state index is -1.02. The zero-order chi connectivity index (χ0) is 26.4. The molecule has 4 aromatic rings. The molecule has 1 aromatic heterocycles. The number of aromatic amines is 1. The number of nitrogens with one attached hydrogen (secondary N) is 3. The number of rotatable bonds is 6. The van der Waals surface area contributed by atoms with Crippen LogP contribution in [0, 0.1) is 13.8 Å². The highest BCUT2D eigenvalue weighted by molar-refractivity contribution is 6.03. The largest absolute Gasteiger partial charge is 0.456 e. The van der Waals surface area contributed by atoms with Crippen LogP contribution >= 0.6 is 0 Å². The lowest BCUT2D eigenvalue weighted by atomic mass is 9.74. The maximum absolute atomic E-state index is 14.1. The average molecular weight is 507 g/mol. The van der Waals surface area contributed by atoms with E-state index < -0.39 is 5.54 Å². The standard InChI is InChI=1S/C30H30N6O2/c1-5-31-24-15-26-22(13-18(24)3)30(23-14-19(4)25(32-6-2)16-27(23)38-26)21-10-8-7-9-20(21)29(37)36(30)35-17-28-33-11-12-34-28/h7-17,31-32H,5-6H2,1-4H3,(H,33,34)/b35-17+. The number of aryl methyl sites for hydroxylation is 2. The molecule has 2 aliphatic heterocycles. The molecule has 192 valence electrons. The molecule has 0 unspecified atom stereocenters. The molecule has 3 aromatic carbocycles. The van der Waals surface area contributed by atoms with Gasteiger partial charge in [-0.15, -0.1) is 0 Å². The SMILES string of the molecule is CCNc1cc2c(cc1C)C1(c3cc(C)c(NCC)cc3O2)c2ccccc2C(=O)N1/N=C/c1ncc[nH]1. The van der Waals surface area contributed by atoms with Gasteiger partial charge in [0.05, 0.1) is 6.21 Å². The van der Waals surface area contributed by atoms with Crippen molar-refractivity contribution in [3.05, 3.63) is 100 Å². The lowest BCUT2D eigenvalue weighted by molar-refractivity contribution is 0.0675. The second-order valence-corrected chi connectivity index (χ2v) is 9.58. The maximum atomic E-state index is 14.1. The predicted octanol–water partition coefficient (Wildman–Crippen LogP) is 5.78. The van der Waals surface area contributed by atoms with Gasteiger partial charge in [-0.2, -0.15) is 5.10 Å². The van der Waals surface area contributed by atoms with E-state index in [1.807, 2.05) is 36.4 Å². The Labute approximate surface area is 221 Å². The molecule has 3 heterocycles. The third-order valence-corrected chi connectivity index (χ3v) is 7.26. The van der Waals surface area contributed by atoms with Gasteiger partial charge in [0.25, 0.3) is 5.91 Å². The molecule has 0 fully saturated rings. The van der Waals surface area contributed by atoms with E-state index in [1.54, 1.807) is 23.6 Å². The first kappa shape index (κ1) is 23.8. The van der Waals surface area contributed by atoms with Crippen molar-refractivity contribution in [2.24, 2.45) is 5.10 Å². The fourth-order valence-corrected chi connectivity index (χ4v) is 5.62. The topological polar surface area (TPSA) is 94.6 Å². The highest BCUT2D eigenvalue weighted by Crippen LogP contribution is 2.58. The predicted molar refractivity (Wildman–Crippen MR) is 149 cm³/mol. The summed E-state index contributed by atoms with van der Waals surface area (Å²) in [4.78, 5) is 21.4. The minimum Gasteiger partial charge on any atom is -0.456 e. The number of fused-ring (bicyclic) bond motifs is 6. The van der Waals surface area contributed by atoms with Crippen molar-refractivity contribution in [1.82, 2.24) is 15.0 Å². The van der Waals surface area contributed by atoms with Crippen LogP contribution in [-0.2, 0) is 5.54 Å². The number of hydrogen-bond acceptors (Lipinski definition) is 6. The van der Waals surface area contributed by atoms with Crippen LogP contribution in [-0.4, -0.2) is 40.2 Å². The molecule has 0 saturated carbocycles. The summed E-state index contributed by atoms with van der Waals surface area (Å²) in [7, 11) is 0. The molecule has 8 nitrogen and oxygen atoms in total. The van der Waals surface area contributed by atoms with E-state index in [9.17, 15) is 4.79 Å². The summed E-state index contributed by atoms with van der Waals surface area (Å²) in [6.45, 7) is 9.84. The van der Waals surface area contributed by atoms with Crippen molar-refractivity contribution in [3.63, 3.8) is 0 Å². The number of ether oxygens (including phenoxy) is 1. The maximum Gasteiger partial charge on any atom is 0.275 e. The van der Waals surface area contributed by atoms with Crippen molar-refractivity contribution < 1.29 is 9.53 Å². The summed E-state index contributed by atoms with van der Waals surface area (Å²) in [6, 6.07) is 16.1. The number of aromatic nitrogens is 2. The molecule has 0 saturated heterocycles. The third kappa shape index (κ3) is 3.40. The van der Waals surface area contributed by atoms with Crippen molar-refractivity contribution in [2.75, 3.05) is 23.7 Å². The molecule has 2 aliphatic rings. The number of carbonyl (C=O) groups is 1. The second kappa shape index (κ2) is 9.06. The van der Waals surface area contributed by atoms with Crippen molar-refractivity contribution in [3.8, 4) is 11.5 Å². The van der Waals surface area contributed by atoms with E-state index >= 15 is 0 Å². The Kier molecular flexibility index (Phi) is 5.67. The minimum absolute atomic E-state index is 0.177. The number of hydrazone groups is 1.